The lowest BCUT2D eigenvalue weighted by molar-refractivity contribution is -0.127. The first kappa shape index (κ1) is 25.6. The van der Waals surface area contributed by atoms with E-state index in [1.54, 1.807) is 23.5 Å². The molecule has 2 aromatic rings. The Bertz CT molecular complexity index is 740. The van der Waals surface area contributed by atoms with E-state index < -0.39 is 0 Å². The van der Waals surface area contributed by atoms with Gasteiger partial charge in [-0.15, -0.1) is 11.3 Å². The van der Waals surface area contributed by atoms with Crippen LogP contribution in [0.15, 0.2) is 54.2 Å². The Hall–Kier alpha value is -2.44. The fourth-order valence-corrected chi connectivity index (χ4v) is 3.27. The number of thiazole rings is 1. The number of nitrogens with zero attached hydrogens (tertiary/aromatic N) is 2. The highest BCUT2D eigenvalue weighted by Gasteiger charge is 2.18. The topological polar surface area (TPSA) is 65.5 Å². The fraction of sp³-hybridized carbons (Fsp3) is 0.417. The van der Waals surface area contributed by atoms with Crippen LogP contribution in [0.1, 0.15) is 50.5 Å². The van der Waals surface area contributed by atoms with E-state index in [1.807, 2.05) is 73.8 Å². The highest BCUT2D eigenvalue weighted by atomic mass is 32.1. The highest BCUT2D eigenvalue weighted by Crippen LogP contribution is 2.10. The molecule has 1 aliphatic heterocycles. The summed E-state index contributed by atoms with van der Waals surface area (Å²) in [6.07, 6.45) is 12.6. The van der Waals surface area contributed by atoms with Gasteiger partial charge in [-0.3, -0.25) is 9.78 Å². The van der Waals surface area contributed by atoms with Gasteiger partial charge in [0.25, 0.3) is 0 Å². The molecule has 30 heavy (non-hydrogen) atoms. The molecule has 2 N–H and O–H groups in total. The van der Waals surface area contributed by atoms with Crippen molar-refractivity contribution >= 4 is 23.3 Å². The van der Waals surface area contributed by atoms with Gasteiger partial charge in [0.15, 0.2) is 0 Å². The lowest BCUT2D eigenvalue weighted by Gasteiger charge is -2.15. The van der Waals surface area contributed by atoms with Crippen molar-refractivity contribution in [3.8, 4) is 5.75 Å². The van der Waals surface area contributed by atoms with Gasteiger partial charge in [0.05, 0.1) is 5.51 Å². The maximum absolute atomic E-state index is 11.4. The van der Waals surface area contributed by atoms with Crippen LogP contribution in [0.2, 0.25) is 0 Å². The Kier molecular flexibility index (Phi) is 14.0. The van der Waals surface area contributed by atoms with Crippen molar-refractivity contribution in [2.45, 2.75) is 46.6 Å². The van der Waals surface area contributed by atoms with E-state index in [9.17, 15) is 4.79 Å². The SMILES string of the molecule is C/C=C\C=C/c1cncs1.CC.O=C1CCCN1CCCNCc1ccc(O)cc1. The van der Waals surface area contributed by atoms with Gasteiger partial charge in [0.1, 0.15) is 5.75 Å². The average Bonchev–Trinajstić information content (AvgIpc) is 3.43. The first-order chi connectivity index (χ1) is 14.7. The number of likely N-dealkylation sites (tertiary alicyclic amines) is 1. The molecule has 1 fully saturated rings. The monoisotopic (exact) mass is 429 g/mol. The van der Waals surface area contributed by atoms with Crippen LogP contribution in [0.5, 0.6) is 5.75 Å². The molecule has 1 saturated heterocycles. The molecule has 5 nitrogen and oxygen atoms in total. The van der Waals surface area contributed by atoms with Crippen molar-refractivity contribution in [2.24, 2.45) is 0 Å². The summed E-state index contributed by atoms with van der Waals surface area (Å²) in [7, 11) is 0. The van der Waals surface area contributed by atoms with Gasteiger partial charge in [-0.1, -0.05) is 44.2 Å². The van der Waals surface area contributed by atoms with Gasteiger partial charge in [-0.25, -0.2) is 0 Å². The summed E-state index contributed by atoms with van der Waals surface area (Å²) in [5, 5.41) is 12.5. The first-order valence-corrected chi connectivity index (χ1v) is 11.5. The molecule has 3 rings (SSSR count). The molecular weight excluding hydrogens is 394 g/mol. The number of phenols is 1. The third-order valence-corrected chi connectivity index (χ3v) is 4.97. The molecule has 1 aliphatic rings. The summed E-state index contributed by atoms with van der Waals surface area (Å²) in [6.45, 7) is 9.49. The first-order valence-electron chi connectivity index (χ1n) is 10.6. The lowest BCUT2D eigenvalue weighted by Crippen LogP contribution is -2.28. The highest BCUT2D eigenvalue weighted by molar-refractivity contribution is 7.10. The number of allylic oxidation sites excluding steroid dienone is 3. The van der Waals surface area contributed by atoms with Crippen molar-refractivity contribution in [1.29, 1.82) is 0 Å². The van der Waals surface area contributed by atoms with E-state index >= 15 is 0 Å². The minimum absolute atomic E-state index is 0.297. The maximum atomic E-state index is 11.4. The number of aromatic nitrogens is 1. The Morgan fingerprint density at radius 2 is 2.00 bits per heavy atom. The molecule has 0 spiro atoms. The largest absolute Gasteiger partial charge is 0.508 e. The number of aromatic hydroxyl groups is 1. The van der Waals surface area contributed by atoms with Gasteiger partial charge in [-0.2, -0.15) is 0 Å². The molecule has 1 aromatic heterocycles. The number of rotatable bonds is 8. The molecule has 6 heteroatoms. The molecule has 1 aromatic carbocycles. The molecule has 0 bridgehead atoms. The van der Waals surface area contributed by atoms with Crippen molar-refractivity contribution in [1.82, 2.24) is 15.2 Å². The van der Waals surface area contributed by atoms with Crippen LogP contribution >= 0.6 is 11.3 Å². The second-order valence-electron chi connectivity index (χ2n) is 6.47. The molecule has 164 valence electrons. The van der Waals surface area contributed by atoms with Crippen molar-refractivity contribution in [3.05, 3.63) is 64.6 Å². The van der Waals surface area contributed by atoms with Crippen LogP contribution in [-0.4, -0.2) is 40.5 Å². The molecule has 0 radical (unpaired) electrons. The molecule has 0 atom stereocenters. The summed E-state index contributed by atoms with van der Waals surface area (Å²) in [5.74, 6) is 0.597. The summed E-state index contributed by atoms with van der Waals surface area (Å²) >= 11 is 1.64. The fourth-order valence-electron chi connectivity index (χ4n) is 2.75. The van der Waals surface area contributed by atoms with E-state index in [4.69, 9.17) is 5.11 Å². The van der Waals surface area contributed by atoms with Gasteiger partial charge < -0.3 is 15.3 Å². The second kappa shape index (κ2) is 16.4. The predicted octanol–water partition coefficient (Wildman–Crippen LogP) is 5.25. The molecular formula is C24H35N3O2S. The van der Waals surface area contributed by atoms with Crippen LogP contribution < -0.4 is 5.32 Å². The number of phenolic OH excluding ortho intramolecular Hbond substituents is 1. The van der Waals surface area contributed by atoms with Crippen LogP contribution in [0.3, 0.4) is 0 Å². The van der Waals surface area contributed by atoms with Crippen LogP contribution in [0, 0.1) is 0 Å². The number of hydrogen-bond acceptors (Lipinski definition) is 5. The van der Waals surface area contributed by atoms with Crippen molar-refractivity contribution in [3.63, 3.8) is 0 Å². The third-order valence-electron chi connectivity index (χ3n) is 4.23. The van der Waals surface area contributed by atoms with Gasteiger partial charge >= 0.3 is 0 Å². The molecule has 0 aliphatic carbocycles. The molecule has 0 saturated carbocycles. The number of nitrogens with one attached hydrogen (secondary N) is 1. The third kappa shape index (κ3) is 10.9. The van der Waals surface area contributed by atoms with E-state index in [1.165, 1.54) is 4.88 Å². The van der Waals surface area contributed by atoms with E-state index in [-0.39, 0.29) is 0 Å². The minimum atomic E-state index is 0.297. The number of carbonyl (C=O) groups excluding carboxylic acids is 1. The molecule has 0 unspecified atom stereocenters. The molecule has 1 amide bonds. The van der Waals surface area contributed by atoms with E-state index in [2.05, 4.69) is 10.3 Å². The zero-order valence-corrected chi connectivity index (χ0v) is 19.2. The van der Waals surface area contributed by atoms with Gasteiger partial charge in [-0.05, 0) is 50.1 Å². The van der Waals surface area contributed by atoms with Crippen LogP contribution in [0.25, 0.3) is 6.08 Å². The summed E-state index contributed by atoms with van der Waals surface area (Å²) in [4.78, 5) is 18.5. The average molecular weight is 430 g/mol. The molecule has 2 heterocycles. The van der Waals surface area contributed by atoms with Crippen molar-refractivity contribution < 1.29 is 9.90 Å². The minimum Gasteiger partial charge on any atom is -0.508 e. The van der Waals surface area contributed by atoms with Crippen LogP contribution in [0.4, 0.5) is 0 Å². The zero-order chi connectivity index (χ0) is 22.0. The van der Waals surface area contributed by atoms with E-state index in [0.29, 0.717) is 11.7 Å². The Morgan fingerprint density at radius 3 is 2.60 bits per heavy atom. The number of hydrogen-bond donors (Lipinski definition) is 2. The van der Waals surface area contributed by atoms with Crippen molar-refractivity contribution in [2.75, 3.05) is 19.6 Å². The number of amides is 1. The Balaban J connectivity index is 0.000000318. The maximum Gasteiger partial charge on any atom is 0.222 e. The van der Waals surface area contributed by atoms with Crippen LogP contribution in [-0.2, 0) is 11.3 Å². The summed E-state index contributed by atoms with van der Waals surface area (Å²) in [5.41, 5.74) is 2.99. The normalized spacial score (nSPS) is 13.3. The Morgan fingerprint density at radius 1 is 1.23 bits per heavy atom. The van der Waals surface area contributed by atoms with E-state index in [0.717, 1.165) is 51.0 Å². The predicted molar refractivity (Wildman–Crippen MR) is 128 cm³/mol. The second-order valence-corrected chi connectivity index (χ2v) is 7.39. The quantitative estimate of drug-likeness (QED) is 0.444. The zero-order valence-electron chi connectivity index (χ0n) is 18.4. The number of benzene rings is 1. The standard InChI is InChI=1S/C14H20N2O2.C8H9NS.C2H6/c17-13-6-4-12(5-7-13)11-15-8-2-10-16-9-1-3-14(16)18;1-2-3-4-5-8-6-9-7-10-8;1-2/h4-7,15,17H,1-3,8-11H2;2-7H,1H3;1-2H3/b;3-2-,5-4-;. The van der Waals surface area contributed by atoms with Gasteiger partial charge in [0.2, 0.25) is 5.91 Å². The summed E-state index contributed by atoms with van der Waals surface area (Å²) < 4.78 is 0. The summed E-state index contributed by atoms with van der Waals surface area (Å²) in [6, 6.07) is 7.21. The lowest BCUT2D eigenvalue weighted by atomic mass is 10.2. The smallest absolute Gasteiger partial charge is 0.222 e. The van der Waals surface area contributed by atoms with Gasteiger partial charge in [0, 0.05) is 37.1 Å². The number of carbonyl (C=O) groups is 1. The Labute approximate surface area is 185 Å².